The summed E-state index contributed by atoms with van der Waals surface area (Å²) >= 11 is 0. The Balaban J connectivity index is 1.32. The highest BCUT2D eigenvalue weighted by molar-refractivity contribution is 5.90. The van der Waals surface area contributed by atoms with E-state index in [9.17, 15) is 14.9 Å². The Morgan fingerprint density at radius 2 is 1.94 bits per heavy atom. The van der Waals surface area contributed by atoms with Crippen LogP contribution in [0.2, 0.25) is 0 Å². The second-order valence-electron chi connectivity index (χ2n) is 8.65. The van der Waals surface area contributed by atoms with Crippen LogP contribution in [0.4, 0.5) is 14.9 Å². The van der Waals surface area contributed by atoms with Crippen LogP contribution in [0.25, 0.3) is 11.1 Å². The fourth-order valence-corrected chi connectivity index (χ4v) is 5.13. The van der Waals surface area contributed by atoms with Crippen molar-refractivity contribution in [2.75, 3.05) is 31.1 Å². The van der Waals surface area contributed by atoms with E-state index in [4.69, 9.17) is 4.74 Å². The number of rotatable bonds is 5. The van der Waals surface area contributed by atoms with Crippen molar-refractivity contribution in [2.24, 2.45) is 11.8 Å². The number of nitrogens with one attached hydrogen (secondary N) is 2. The number of ether oxygens (including phenoxy) is 1. The largest absolute Gasteiger partial charge is 0.442 e. The molecule has 3 atom stereocenters. The fourth-order valence-electron chi connectivity index (χ4n) is 5.13. The van der Waals surface area contributed by atoms with E-state index in [2.05, 4.69) is 16.7 Å². The zero-order valence-corrected chi connectivity index (χ0v) is 17.6. The zero-order valence-electron chi connectivity index (χ0n) is 17.6. The van der Waals surface area contributed by atoms with Gasteiger partial charge in [0.15, 0.2) is 0 Å². The number of anilines is 1. The van der Waals surface area contributed by atoms with Crippen molar-refractivity contribution in [2.45, 2.75) is 18.4 Å². The van der Waals surface area contributed by atoms with Gasteiger partial charge in [0.05, 0.1) is 24.6 Å². The Labute approximate surface area is 185 Å². The summed E-state index contributed by atoms with van der Waals surface area (Å²) in [6.45, 7) is 3.53. The molecule has 164 valence electrons. The highest BCUT2D eigenvalue weighted by Crippen LogP contribution is 2.61. The molecule has 2 heterocycles. The summed E-state index contributed by atoms with van der Waals surface area (Å²) in [5.74, 6) is -0.167. The maximum absolute atomic E-state index is 15.0. The molecule has 8 heteroatoms. The SMILES string of the molecule is CC(=O)NC[C@H]1CN(c2ccc(-c3ccc(C4(C#N)C5CNCC54)c(F)c3)cc2)C(=O)O1. The molecule has 2 aliphatic heterocycles. The topological polar surface area (TPSA) is 94.5 Å². The third-order valence-corrected chi connectivity index (χ3v) is 6.84. The Bertz CT molecular complexity index is 1120. The van der Waals surface area contributed by atoms with Crippen LogP contribution in [0.5, 0.6) is 0 Å². The molecule has 5 rings (SSSR count). The van der Waals surface area contributed by atoms with Crippen molar-refractivity contribution in [3.8, 4) is 17.2 Å². The summed E-state index contributed by atoms with van der Waals surface area (Å²) in [5.41, 5.74) is 1.97. The van der Waals surface area contributed by atoms with Crippen molar-refractivity contribution in [1.29, 1.82) is 5.26 Å². The van der Waals surface area contributed by atoms with Crippen molar-refractivity contribution >= 4 is 17.7 Å². The molecule has 0 aromatic heterocycles. The van der Waals surface area contributed by atoms with E-state index in [0.29, 0.717) is 23.4 Å². The summed E-state index contributed by atoms with van der Waals surface area (Å²) in [6, 6.07) is 14.7. The first kappa shape index (κ1) is 20.5. The second kappa shape index (κ2) is 7.61. The minimum atomic E-state index is -0.707. The first-order chi connectivity index (χ1) is 15.4. The van der Waals surface area contributed by atoms with Gasteiger partial charge >= 0.3 is 6.09 Å². The first-order valence-corrected chi connectivity index (χ1v) is 10.7. The summed E-state index contributed by atoms with van der Waals surface area (Å²) in [4.78, 5) is 24.8. The van der Waals surface area contributed by atoms with Crippen LogP contribution < -0.4 is 15.5 Å². The zero-order chi connectivity index (χ0) is 22.5. The number of nitrogens with zero attached hydrogens (tertiary/aromatic N) is 2. The monoisotopic (exact) mass is 434 g/mol. The minimum Gasteiger partial charge on any atom is -0.442 e. The molecule has 2 saturated heterocycles. The van der Waals surface area contributed by atoms with E-state index in [0.717, 1.165) is 18.7 Å². The van der Waals surface area contributed by atoms with Gasteiger partial charge in [-0.3, -0.25) is 9.69 Å². The van der Waals surface area contributed by atoms with Crippen LogP contribution in [-0.2, 0) is 14.9 Å². The van der Waals surface area contributed by atoms with Gasteiger partial charge in [0.1, 0.15) is 11.9 Å². The van der Waals surface area contributed by atoms with E-state index in [1.807, 2.05) is 18.2 Å². The summed E-state index contributed by atoms with van der Waals surface area (Å²) in [7, 11) is 0. The molecule has 1 aliphatic carbocycles. The maximum atomic E-state index is 15.0. The predicted octanol–water partition coefficient (Wildman–Crippen LogP) is 2.56. The molecule has 2 amide bonds. The lowest BCUT2D eigenvalue weighted by atomic mass is 9.90. The number of cyclic esters (lactones) is 1. The lowest BCUT2D eigenvalue weighted by molar-refractivity contribution is -0.119. The van der Waals surface area contributed by atoms with Gasteiger partial charge in [0.25, 0.3) is 0 Å². The van der Waals surface area contributed by atoms with Crippen molar-refractivity contribution < 1.29 is 18.7 Å². The number of carbonyl (C=O) groups is 2. The number of benzene rings is 2. The number of halogens is 1. The van der Waals surface area contributed by atoms with E-state index < -0.39 is 17.6 Å². The molecule has 0 bridgehead atoms. The highest BCUT2D eigenvalue weighted by Gasteiger charge is 2.68. The third kappa shape index (κ3) is 3.21. The molecule has 32 heavy (non-hydrogen) atoms. The Hall–Kier alpha value is -3.44. The van der Waals surface area contributed by atoms with Crippen LogP contribution in [0.3, 0.4) is 0 Å². The molecular formula is C24H23FN4O3. The van der Waals surface area contributed by atoms with Gasteiger partial charge in [-0.25, -0.2) is 9.18 Å². The number of hydrogen-bond acceptors (Lipinski definition) is 5. The van der Waals surface area contributed by atoms with E-state index in [-0.39, 0.29) is 30.1 Å². The number of nitriles is 1. The average Bonchev–Trinajstić information content (AvgIpc) is 3.11. The molecular weight excluding hydrogens is 411 g/mol. The van der Waals surface area contributed by atoms with Crippen LogP contribution in [0.15, 0.2) is 42.5 Å². The quantitative estimate of drug-likeness (QED) is 0.754. The van der Waals surface area contributed by atoms with Crippen LogP contribution in [-0.4, -0.2) is 44.3 Å². The lowest BCUT2D eigenvalue weighted by Crippen LogP contribution is -2.33. The lowest BCUT2D eigenvalue weighted by Gasteiger charge is -2.16. The van der Waals surface area contributed by atoms with Crippen molar-refractivity contribution in [3.63, 3.8) is 0 Å². The Morgan fingerprint density at radius 3 is 2.56 bits per heavy atom. The minimum absolute atomic E-state index is 0.177. The van der Waals surface area contributed by atoms with Gasteiger partial charge in [0.2, 0.25) is 5.91 Å². The molecule has 2 aromatic rings. The van der Waals surface area contributed by atoms with E-state index >= 15 is 4.39 Å². The fraction of sp³-hybridized carbons (Fsp3) is 0.375. The molecule has 0 spiro atoms. The number of carbonyl (C=O) groups excluding carboxylic acids is 2. The van der Waals surface area contributed by atoms with E-state index in [1.54, 1.807) is 18.2 Å². The molecule has 1 saturated carbocycles. The van der Waals surface area contributed by atoms with Gasteiger partial charge in [-0.1, -0.05) is 24.3 Å². The molecule has 2 aromatic carbocycles. The summed E-state index contributed by atoms with van der Waals surface area (Å²) in [6.07, 6.45) is -0.868. The van der Waals surface area contributed by atoms with Gasteiger partial charge < -0.3 is 15.4 Å². The highest BCUT2D eigenvalue weighted by atomic mass is 19.1. The number of piperidine rings is 1. The second-order valence-corrected chi connectivity index (χ2v) is 8.65. The molecule has 3 fully saturated rings. The first-order valence-electron chi connectivity index (χ1n) is 10.7. The molecule has 2 unspecified atom stereocenters. The van der Waals surface area contributed by atoms with Crippen molar-refractivity contribution in [3.05, 3.63) is 53.8 Å². The Kier molecular flexibility index (Phi) is 4.86. The molecule has 2 N–H and O–H groups in total. The van der Waals surface area contributed by atoms with Crippen LogP contribution in [0, 0.1) is 29.0 Å². The summed E-state index contributed by atoms with van der Waals surface area (Å²) < 4.78 is 20.3. The maximum Gasteiger partial charge on any atom is 0.414 e. The van der Waals surface area contributed by atoms with E-state index in [1.165, 1.54) is 17.9 Å². The van der Waals surface area contributed by atoms with Gasteiger partial charge in [-0.15, -0.1) is 0 Å². The Morgan fingerprint density at radius 1 is 1.25 bits per heavy atom. The number of fused-ring (bicyclic) bond motifs is 1. The van der Waals surface area contributed by atoms with Gasteiger partial charge in [-0.2, -0.15) is 5.26 Å². The predicted molar refractivity (Wildman–Crippen MR) is 115 cm³/mol. The van der Waals surface area contributed by atoms with Gasteiger partial charge in [0, 0.05) is 43.1 Å². The molecule has 7 nitrogen and oxygen atoms in total. The number of hydrogen-bond donors (Lipinski definition) is 2. The van der Waals surface area contributed by atoms with Crippen LogP contribution in [0.1, 0.15) is 12.5 Å². The smallest absolute Gasteiger partial charge is 0.414 e. The number of amides is 2. The van der Waals surface area contributed by atoms with Crippen molar-refractivity contribution in [1.82, 2.24) is 10.6 Å². The summed E-state index contributed by atoms with van der Waals surface area (Å²) in [5, 5.41) is 15.7. The normalized spacial score (nSPS) is 28.1. The van der Waals surface area contributed by atoms with Gasteiger partial charge in [-0.05, 0) is 29.3 Å². The van der Waals surface area contributed by atoms with Crippen LogP contribution >= 0.6 is 0 Å². The molecule has 0 radical (unpaired) electrons. The molecule has 3 aliphatic rings. The average molecular weight is 434 g/mol. The standard InChI is InChI=1S/C24H23FN4O3/c1-14(30)28-9-18-12-29(23(31)32-18)17-5-2-15(3-6-17)16-4-7-19(22(25)8-16)24(13-26)20-10-27-11-21(20)24/h2-8,18,20-21,27H,9-12H2,1H3,(H,28,30)/t18-,20?,21?,24?/m0/s1. The third-order valence-electron chi connectivity index (χ3n) is 6.84.